The van der Waals surface area contributed by atoms with Gasteiger partial charge in [-0.3, -0.25) is 4.68 Å². The highest BCUT2D eigenvalue weighted by atomic mass is 32.2. The molecule has 2 aromatic heterocycles. The van der Waals surface area contributed by atoms with Gasteiger partial charge >= 0.3 is 0 Å². The predicted molar refractivity (Wildman–Crippen MR) is 101 cm³/mol. The van der Waals surface area contributed by atoms with Crippen molar-refractivity contribution in [1.82, 2.24) is 29.4 Å². The number of hydrogen-bond acceptors (Lipinski definition) is 6. The first-order valence-electron chi connectivity index (χ1n) is 9.62. The lowest BCUT2D eigenvalue weighted by Gasteiger charge is -2.33. The molecule has 1 unspecified atom stereocenters. The number of rotatable bonds is 4. The van der Waals surface area contributed by atoms with Gasteiger partial charge in [0, 0.05) is 56.3 Å². The van der Waals surface area contributed by atoms with Crippen LogP contribution in [0.1, 0.15) is 55.0 Å². The van der Waals surface area contributed by atoms with E-state index in [-0.39, 0.29) is 6.04 Å². The summed E-state index contributed by atoms with van der Waals surface area (Å²) < 4.78 is 30.1. The number of sulfonamides is 1. The minimum absolute atomic E-state index is 0.290. The Balaban J connectivity index is 1.71. The topological polar surface area (TPSA) is 93.0 Å². The molecule has 0 saturated carbocycles. The summed E-state index contributed by atoms with van der Waals surface area (Å²) in [6.45, 7) is 6.50. The molecule has 4 heterocycles. The second-order valence-electron chi connectivity index (χ2n) is 7.19. The maximum Gasteiger partial charge on any atom is 0.247 e. The zero-order chi connectivity index (χ0) is 19.0. The van der Waals surface area contributed by atoms with Crippen molar-refractivity contribution in [1.29, 1.82) is 0 Å². The lowest BCUT2D eigenvalue weighted by molar-refractivity contribution is 0.245. The number of fused-ring (bicyclic) bond motifs is 1. The van der Waals surface area contributed by atoms with Gasteiger partial charge in [-0.05, 0) is 26.7 Å². The largest absolute Gasteiger partial charge is 0.312 e. The SMILES string of the molecule is CCn1cc(S(=O)(=O)N2CCCCC2c2ncc3c(n2)CCNC3)c(C)n1. The van der Waals surface area contributed by atoms with Crippen LogP contribution in [-0.2, 0) is 29.5 Å². The zero-order valence-corrected chi connectivity index (χ0v) is 16.7. The Bertz CT molecular complexity index is 939. The van der Waals surface area contributed by atoms with E-state index in [9.17, 15) is 8.42 Å². The van der Waals surface area contributed by atoms with Crippen molar-refractivity contribution in [3.63, 3.8) is 0 Å². The molecule has 0 aliphatic carbocycles. The van der Waals surface area contributed by atoms with Crippen molar-refractivity contribution in [3.8, 4) is 0 Å². The number of aryl methyl sites for hydroxylation is 2. The minimum atomic E-state index is -3.64. The Hall–Kier alpha value is -1.84. The lowest BCUT2D eigenvalue weighted by Crippen LogP contribution is -2.39. The summed E-state index contributed by atoms with van der Waals surface area (Å²) in [7, 11) is -3.64. The molecular weight excluding hydrogens is 364 g/mol. The summed E-state index contributed by atoms with van der Waals surface area (Å²) >= 11 is 0. The van der Waals surface area contributed by atoms with E-state index in [1.165, 1.54) is 0 Å². The average molecular weight is 391 g/mol. The summed E-state index contributed by atoms with van der Waals surface area (Å²) in [6, 6.07) is -0.312. The molecule has 1 saturated heterocycles. The van der Waals surface area contributed by atoms with Gasteiger partial charge in [-0.15, -0.1) is 0 Å². The molecule has 0 bridgehead atoms. The highest BCUT2D eigenvalue weighted by Crippen LogP contribution is 2.35. The molecule has 0 amide bonds. The van der Waals surface area contributed by atoms with Crippen LogP contribution in [0.3, 0.4) is 0 Å². The predicted octanol–water partition coefficient (Wildman–Crippen LogP) is 1.56. The highest BCUT2D eigenvalue weighted by molar-refractivity contribution is 7.89. The number of hydrogen-bond donors (Lipinski definition) is 1. The normalized spacial score (nSPS) is 21.2. The molecule has 1 N–H and O–H groups in total. The fraction of sp³-hybridized carbons (Fsp3) is 0.611. The monoisotopic (exact) mass is 390 g/mol. The van der Waals surface area contributed by atoms with E-state index in [4.69, 9.17) is 4.98 Å². The van der Waals surface area contributed by atoms with Crippen molar-refractivity contribution < 1.29 is 8.42 Å². The Morgan fingerprint density at radius 2 is 2.19 bits per heavy atom. The fourth-order valence-electron chi connectivity index (χ4n) is 3.90. The molecule has 2 aliphatic rings. The zero-order valence-electron chi connectivity index (χ0n) is 15.8. The van der Waals surface area contributed by atoms with Crippen molar-refractivity contribution >= 4 is 10.0 Å². The molecule has 4 rings (SSSR count). The van der Waals surface area contributed by atoms with E-state index in [1.807, 2.05) is 13.1 Å². The summed E-state index contributed by atoms with van der Waals surface area (Å²) in [5.74, 6) is 0.625. The van der Waals surface area contributed by atoms with Crippen LogP contribution in [0.25, 0.3) is 0 Å². The first kappa shape index (κ1) is 18.5. The van der Waals surface area contributed by atoms with Crippen molar-refractivity contribution in [3.05, 3.63) is 35.2 Å². The van der Waals surface area contributed by atoms with Gasteiger partial charge in [-0.25, -0.2) is 18.4 Å². The van der Waals surface area contributed by atoms with Crippen molar-refractivity contribution in [2.75, 3.05) is 13.1 Å². The molecule has 0 spiro atoms. The Morgan fingerprint density at radius 3 is 2.96 bits per heavy atom. The van der Waals surface area contributed by atoms with Crippen molar-refractivity contribution in [2.45, 2.75) is 63.6 Å². The number of nitrogens with zero attached hydrogens (tertiary/aromatic N) is 5. The van der Waals surface area contributed by atoms with Crippen LogP contribution in [0.15, 0.2) is 17.3 Å². The molecule has 1 fully saturated rings. The number of aromatic nitrogens is 4. The molecule has 2 aromatic rings. The maximum absolute atomic E-state index is 13.4. The van der Waals surface area contributed by atoms with Crippen LogP contribution < -0.4 is 5.32 Å². The van der Waals surface area contributed by atoms with Crippen LogP contribution in [0, 0.1) is 6.92 Å². The smallest absolute Gasteiger partial charge is 0.247 e. The summed E-state index contributed by atoms with van der Waals surface area (Å²) in [4.78, 5) is 9.59. The second kappa shape index (κ2) is 7.29. The molecule has 146 valence electrons. The van der Waals surface area contributed by atoms with Gasteiger partial charge in [-0.1, -0.05) is 6.42 Å². The average Bonchev–Trinajstić information content (AvgIpc) is 3.09. The first-order chi connectivity index (χ1) is 13.0. The standard InChI is InChI=1S/C18H26N6O2S/c1-3-23-12-17(13(2)22-23)27(25,26)24-9-5-4-6-16(24)18-20-11-14-10-19-8-7-15(14)21-18/h11-12,16,19H,3-10H2,1-2H3. The third-order valence-electron chi connectivity index (χ3n) is 5.39. The molecule has 0 aromatic carbocycles. The second-order valence-corrected chi connectivity index (χ2v) is 9.05. The van der Waals surface area contributed by atoms with Crippen LogP contribution in [0.2, 0.25) is 0 Å². The van der Waals surface area contributed by atoms with E-state index in [2.05, 4.69) is 15.4 Å². The summed E-state index contributed by atoms with van der Waals surface area (Å²) in [6.07, 6.45) is 6.92. The molecule has 8 nitrogen and oxygen atoms in total. The fourth-order valence-corrected chi connectivity index (χ4v) is 5.73. The third-order valence-corrected chi connectivity index (χ3v) is 7.40. The number of nitrogens with one attached hydrogen (secondary N) is 1. The lowest BCUT2D eigenvalue weighted by atomic mass is 10.0. The van der Waals surface area contributed by atoms with E-state index in [0.29, 0.717) is 29.5 Å². The van der Waals surface area contributed by atoms with E-state index < -0.39 is 10.0 Å². The number of piperidine rings is 1. The van der Waals surface area contributed by atoms with Gasteiger partial charge in [-0.2, -0.15) is 9.40 Å². The summed E-state index contributed by atoms with van der Waals surface area (Å²) in [5, 5.41) is 7.63. The summed E-state index contributed by atoms with van der Waals surface area (Å²) in [5.41, 5.74) is 2.69. The molecule has 9 heteroatoms. The van der Waals surface area contributed by atoms with E-state index >= 15 is 0 Å². The molecule has 27 heavy (non-hydrogen) atoms. The third kappa shape index (κ3) is 3.39. The molecule has 1 atom stereocenters. The molecule has 0 radical (unpaired) electrons. The first-order valence-corrected chi connectivity index (χ1v) is 11.1. The van der Waals surface area contributed by atoms with Gasteiger partial charge in [0.2, 0.25) is 10.0 Å². The Kier molecular flexibility index (Phi) is 5.00. The highest BCUT2D eigenvalue weighted by Gasteiger charge is 2.38. The van der Waals surface area contributed by atoms with Gasteiger partial charge in [0.1, 0.15) is 10.7 Å². The van der Waals surface area contributed by atoms with Gasteiger partial charge in [0.05, 0.1) is 11.7 Å². The van der Waals surface area contributed by atoms with Gasteiger partial charge < -0.3 is 5.32 Å². The van der Waals surface area contributed by atoms with Gasteiger partial charge in [0.15, 0.2) is 0 Å². The molecule has 2 aliphatic heterocycles. The minimum Gasteiger partial charge on any atom is -0.312 e. The Morgan fingerprint density at radius 1 is 1.33 bits per heavy atom. The van der Waals surface area contributed by atoms with Gasteiger partial charge in [0.25, 0.3) is 0 Å². The van der Waals surface area contributed by atoms with E-state index in [0.717, 1.165) is 50.0 Å². The van der Waals surface area contributed by atoms with Crippen molar-refractivity contribution in [2.24, 2.45) is 0 Å². The molecular formula is C18H26N6O2S. The Labute approximate surface area is 160 Å². The van der Waals surface area contributed by atoms with Crippen LogP contribution in [-0.4, -0.2) is 45.6 Å². The van der Waals surface area contributed by atoms with Crippen LogP contribution >= 0.6 is 0 Å². The maximum atomic E-state index is 13.4. The van der Waals surface area contributed by atoms with Crippen LogP contribution in [0.4, 0.5) is 0 Å². The quantitative estimate of drug-likeness (QED) is 0.852. The van der Waals surface area contributed by atoms with E-state index in [1.54, 1.807) is 22.1 Å². The van der Waals surface area contributed by atoms with Crippen LogP contribution in [0.5, 0.6) is 0 Å².